The van der Waals surface area contributed by atoms with Crippen molar-refractivity contribution in [1.29, 1.82) is 0 Å². The zero-order valence-electron chi connectivity index (χ0n) is 7.33. The van der Waals surface area contributed by atoms with Gasteiger partial charge in [0.15, 0.2) is 0 Å². The van der Waals surface area contributed by atoms with Gasteiger partial charge in [-0.2, -0.15) is 5.10 Å². The second-order valence-corrected chi connectivity index (χ2v) is 2.34. The number of rotatable bonds is 4. The topological polar surface area (TPSA) is 79.0 Å². The molecule has 6 nitrogen and oxygen atoms in total. The monoisotopic (exact) mass is 184 g/mol. The van der Waals surface area contributed by atoms with Crippen molar-refractivity contribution in [2.75, 3.05) is 25.6 Å². The fourth-order valence-corrected chi connectivity index (χ4v) is 0.759. The van der Waals surface area contributed by atoms with Crippen LogP contribution in [-0.2, 0) is 4.74 Å². The molecule has 2 amide bonds. The molecule has 0 bridgehead atoms. The number of hydrogen-bond donors (Lipinski definition) is 3. The maximum Gasteiger partial charge on any atom is 0.320 e. The number of anilines is 1. The third-order valence-corrected chi connectivity index (χ3v) is 1.34. The van der Waals surface area contributed by atoms with Gasteiger partial charge < -0.3 is 10.1 Å². The largest absolute Gasteiger partial charge is 0.383 e. The standard InChI is InChI=1S/C7H12N4O2/c1-13-5-4-8-7(12)10-6-2-3-9-11-6/h2-3H,4-5H2,1H3,(H3,8,9,10,11,12). The van der Waals surface area contributed by atoms with Gasteiger partial charge in [0.1, 0.15) is 5.82 Å². The van der Waals surface area contributed by atoms with E-state index in [1.54, 1.807) is 19.4 Å². The average molecular weight is 184 g/mol. The maximum atomic E-state index is 11.1. The van der Waals surface area contributed by atoms with Crippen LogP contribution >= 0.6 is 0 Å². The number of nitrogens with zero attached hydrogens (tertiary/aromatic N) is 1. The van der Waals surface area contributed by atoms with Crippen LogP contribution in [0.1, 0.15) is 0 Å². The van der Waals surface area contributed by atoms with E-state index in [0.717, 1.165) is 0 Å². The van der Waals surface area contributed by atoms with Crippen LogP contribution in [0.3, 0.4) is 0 Å². The molecular weight excluding hydrogens is 172 g/mol. The minimum atomic E-state index is -0.277. The molecule has 0 unspecified atom stereocenters. The van der Waals surface area contributed by atoms with Crippen LogP contribution in [0, 0.1) is 0 Å². The molecule has 0 atom stereocenters. The first-order chi connectivity index (χ1) is 6.33. The Labute approximate surface area is 75.7 Å². The Morgan fingerprint density at radius 1 is 1.77 bits per heavy atom. The van der Waals surface area contributed by atoms with E-state index in [2.05, 4.69) is 20.8 Å². The number of urea groups is 1. The molecule has 0 aliphatic carbocycles. The summed E-state index contributed by atoms with van der Waals surface area (Å²) in [6.45, 7) is 0.979. The molecule has 1 rings (SSSR count). The van der Waals surface area contributed by atoms with E-state index >= 15 is 0 Å². The number of carbonyl (C=O) groups excluding carboxylic acids is 1. The van der Waals surface area contributed by atoms with Crippen LogP contribution in [0.5, 0.6) is 0 Å². The summed E-state index contributed by atoms with van der Waals surface area (Å²) in [4.78, 5) is 11.1. The first-order valence-corrected chi connectivity index (χ1v) is 3.86. The van der Waals surface area contributed by atoms with Crippen molar-refractivity contribution in [2.45, 2.75) is 0 Å². The van der Waals surface area contributed by atoms with Gasteiger partial charge in [0.25, 0.3) is 0 Å². The lowest BCUT2D eigenvalue weighted by molar-refractivity contribution is 0.198. The smallest absolute Gasteiger partial charge is 0.320 e. The number of aromatic nitrogens is 2. The molecule has 0 saturated carbocycles. The predicted octanol–water partition coefficient (Wildman–Crippen LogP) is 0.178. The van der Waals surface area contributed by atoms with Gasteiger partial charge in [-0.3, -0.25) is 10.4 Å². The molecule has 1 aromatic rings. The summed E-state index contributed by atoms with van der Waals surface area (Å²) < 4.78 is 4.76. The zero-order valence-corrected chi connectivity index (χ0v) is 7.33. The minimum absolute atomic E-state index is 0.277. The van der Waals surface area contributed by atoms with E-state index in [9.17, 15) is 4.79 Å². The summed E-state index contributed by atoms with van der Waals surface area (Å²) in [5.41, 5.74) is 0. The highest BCUT2D eigenvalue weighted by molar-refractivity contribution is 5.87. The number of amides is 2. The quantitative estimate of drug-likeness (QED) is 0.584. The van der Waals surface area contributed by atoms with Crippen LogP contribution in [0.15, 0.2) is 12.3 Å². The van der Waals surface area contributed by atoms with E-state index < -0.39 is 0 Å². The van der Waals surface area contributed by atoms with Gasteiger partial charge in [-0.1, -0.05) is 0 Å². The van der Waals surface area contributed by atoms with Crippen molar-refractivity contribution >= 4 is 11.8 Å². The first-order valence-electron chi connectivity index (χ1n) is 3.86. The lowest BCUT2D eigenvalue weighted by Gasteiger charge is -2.04. The summed E-state index contributed by atoms with van der Waals surface area (Å²) in [5.74, 6) is 0.565. The maximum absolute atomic E-state index is 11.1. The first kappa shape index (κ1) is 9.53. The van der Waals surface area contributed by atoms with Crippen LogP contribution < -0.4 is 10.6 Å². The van der Waals surface area contributed by atoms with Crippen molar-refractivity contribution in [1.82, 2.24) is 15.5 Å². The van der Waals surface area contributed by atoms with Crippen molar-refractivity contribution in [3.05, 3.63) is 12.3 Å². The molecule has 0 aliphatic heterocycles. The Hall–Kier alpha value is -1.56. The number of ether oxygens (including phenoxy) is 1. The van der Waals surface area contributed by atoms with Gasteiger partial charge in [0.05, 0.1) is 12.8 Å². The Kier molecular flexibility index (Phi) is 3.77. The fraction of sp³-hybridized carbons (Fsp3) is 0.429. The number of carbonyl (C=O) groups is 1. The van der Waals surface area contributed by atoms with E-state index in [0.29, 0.717) is 19.0 Å². The minimum Gasteiger partial charge on any atom is -0.383 e. The Morgan fingerprint density at radius 3 is 3.23 bits per heavy atom. The average Bonchev–Trinajstić information content (AvgIpc) is 2.57. The lowest BCUT2D eigenvalue weighted by atomic mass is 10.6. The van der Waals surface area contributed by atoms with Gasteiger partial charge in [-0.05, 0) is 0 Å². The molecule has 0 fully saturated rings. The molecule has 6 heteroatoms. The van der Waals surface area contributed by atoms with Crippen molar-refractivity contribution in [3.63, 3.8) is 0 Å². The number of nitrogens with one attached hydrogen (secondary N) is 3. The summed E-state index contributed by atoms with van der Waals surface area (Å²) in [6.07, 6.45) is 1.56. The van der Waals surface area contributed by atoms with Crippen molar-refractivity contribution in [2.24, 2.45) is 0 Å². The Morgan fingerprint density at radius 2 is 2.62 bits per heavy atom. The highest BCUT2D eigenvalue weighted by Gasteiger charge is 1.99. The molecule has 0 spiro atoms. The van der Waals surface area contributed by atoms with Crippen molar-refractivity contribution < 1.29 is 9.53 Å². The second-order valence-electron chi connectivity index (χ2n) is 2.34. The molecule has 0 aromatic carbocycles. The third kappa shape index (κ3) is 3.57. The van der Waals surface area contributed by atoms with Crippen LogP contribution in [0.25, 0.3) is 0 Å². The summed E-state index contributed by atoms with van der Waals surface area (Å²) in [6, 6.07) is 1.39. The summed E-state index contributed by atoms with van der Waals surface area (Å²) in [7, 11) is 1.58. The molecule has 3 N–H and O–H groups in total. The van der Waals surface area contributed by atoms with E-state index in [1.807, 2.05) is 0 Å². The van der Waals surface area contributed by atoms with Gasteiger partial charge >= 0.3 is 6.03 Å². The summed E-state index contributed by atoms with van der Waals surface area (Å²) >= 11 is 0. The molecular formula is C7H12N4O2. The predicted molar refractivity (Wildman–Crippen MR) is 47.5 cm³/mol. The van der Waals surface area contributed by atoms with Crippen LogP contribution in [-0.4, -0.2) is 36.5 Å². The van der Waals surface area contributed by atoms with Gasteiger partial charge in [-0.15, -0.1) is 0 Å². The van der Waals surface area contributed by atoms with Gasteiger partial charge in [0.2, 0.25) is 0 Å². The molecule has 0 aliphatic rings. The summed E-state index contributed by atoms with van der Waals surface area (Å²) in [5, 5.41) is 11.4. The highest BCUT2D eigenvalue weighted by atomic mass is 16.5. The molecule has 1 aromatic heterocycles. The van der Waals surface area contributed by atoms with E-state index in [4.69, 9.17) is 4.74 Å². The van der Waals surface area contributed by atoms with Crippen molar-refractivity contribution in [3.8, 4) is 0 Å². The van der Waals surface area contributed by atoms with Crippen LogP contribution in [0.2, 0.25) is 0 Å². The Balaban J connectivity index is 2.18. The molecule has 0 radical (unpaired) electrons. The normalized spacial score (nSPS) is 9.62. The molecule has 0 saturated heterocycles. The number of H-pyrrole nitrogens is 1. The third-order valence-electron chi connectivity index (χ3n) is 1.34. The zero-order chi connectivity index (χ0) is 9.52. The number of hydrogen-bond acceptors (Lipinski definition) is 3. The Bertz CT molecular complexity index is 247. The molecule has 72 valence electrons. The van der Waals surface area contributed by atoms with E-state index in [1.165, 1.54) is 0 Å². The lowest BCUT2D eigenvalue weighted by Crippen LogP contribution is -2.31. The second kappa shape index (κ2) is 5.15. The van der Waals surface area contributed by atoms with Gasteiger partial charge in [0, 0.05) is 19.7 Å². The van der Waals surface area contributed by atoms with E-state index in [-0.39, 0.29) is 6.03 Å². The fourth-order valence-electron chi connectivity index (χ4n) is 0.759. The molecule has 1 heterocycles. The number of methoxy groups -OCH3 is 1. The van der Waals surface area contributed by atoms with Gasteiger partial charge in [-0.25, -0.2) is 4.79 Å². The molecule has 13 heavy (non-hydrogen) atoms. The number of aromatic amines is 1. The highest BCUT2D eigenvalue weighted by Crippen LogP contribution is 1.96. The van der Waals surface area contributed by atoms with Crippen LogP contribution in [0.4, 0.5) is 10.6 Å². The SMILES string of the molecule is COCCNC(=O)Nc1ccn[nH]1.